The normalized spacial score (nSPS) is 15.4. The number of nitriles is 1. The van der Waals surface area contributed by atoms with Crippen molar-refractivity contribution in [3.05, 3.63) is 36.2 Å². The highest BCUT2D eigenvalue weighted by atomic mass is 16.6. The maximum Gasteiger partial charge on any atom is 0.410 e. The van der Waals surface area contributed by atoms with Crippen LogP contribution in [-0.4, -0.2) is 39.5 Å². The van der Waals surface area contributed by atoms with Crippen LogP contribution in [0.15, 0.2) is 30.6 Å². The molecule has 3 rings (SSSR count). The molecular formula is C20H25N5O2. The lowest BCUT2D eigenvalue weighted by Gasteiger charge is -2.33. The highest BCUT2D eigenvalue weighted by Crippen LogP contribution is 2.28. The number of amides is 1. The van der Waals surface area contributed by atoms with Crippen LogP contribution in [0.1, 0.15) is 45.2 Å². The molecule has 1 aliphatic rings. The summed E-state index contributed by atoms with van der Waals surface area (Å²) in [5.74, 6) is 0. The SMILES string of the molecule is CC(C)(C)OC(=O)N1CCC(n2cc(-c3ccc(N)cc3C#N)cn2)CC1. The lowest BCUT2D eigenvalue weighted by Crippen LogP contribution is -2.42. The van der Waals surface area contributed by atoms with Gasteiger partial charge >= 0.3 is 6.09 Å². The Hall–Kier alpha value is -3.01. The molecule has 0 spiro atoms. The highest BCUT2D eigenvalue weighted by molar-refractivity contribution is 5.72. The summed E-state index contributed by atoms with van der Waals surface area (Å²) in [5.41, 5.74) is 8.10. The van der Waals surface area contributed by atoms with Gasteiger partial charge in [0.25, 0.3) is 0 Å². The first-order chi connectivity index (χ1) is 12.8. The van der Waals surface area contributed by atoms with Crippen molar-refractivity contribution in [1.29, 1.82) is 5.26 Å². The number of benzene rings is 1. The van der Waals surface area contributed by atoms with Crippen molar-refractivity contribution in [1.82, 2.24) is 14.7 Å². The molecule has 2 N–H and O–H groups in total. The Labute approximate surface area is 159 Å². The second-order valence-corrected chi connectivity index (χ2v) is 7.82. The summed E-state index contributed by atoms with van der Waals surface area (Å²) in [6.45, 7) is 6.89. The number of ether oxygens (including phenoxy) is 1. The summed E-state index contributed by atoms with van der Waals surface area (Å²) in [5, 5.41) is 13.8. The molecule has 1 saturated heterocycles. The number of anilines is 1. The Kier molecular flexibility index (Phi) is 5.08. The van der Waals surface area contributed by atoms with Gasteiger partial charge in [-0.1, -0.05) is 6.07 Å². The molecule has 1 aromatic carbocycles. The first-order valence-electron chi connectivity index (χ1n) is 9.09. The molecule has 0 unspecified atom stereocenters. The minimum absolute atomic E-state index is 0.219. The van der Waals surface area contributed by atoms with Gasteiger partial charge in [-0.3, -0.25) is 4.68 Å². The number of nitrogens with zero attached hydrogens (tertiary/aromatic N) is 4. The monoisotopic (exact) mass is 367 g/mol. The van der Waals surface area contributed by atoms with E-state index in [1.807, 2.05) is 37.7 Å². The molecular weight excluding hydrogens is 342 g/mol. The third-order valence-corrected chi connectivity index (χ3v) is 4.57. The zero-order valence-electron chi connectivity index (χ0n) is 16.0. The lowest BCUT2D eigenvalue weighted by atomic mass is 10.0. The van der Waals surface area contributed by atoms with E-state index in [0.29, 0.717) is 24.3 Å². The summed E-state index contributed by atoms with van der Waals surface area (Å²) in [7, 11) is 0. The number of hydrogen-bond donors (Lipinski definition) is 1. The van der Waals surface area contributed by atoms with Crippen LogP contribution in [-0.2, 0) is 4.74 Å². The third kappa shape index (κ3) is 4.40. The fraction of sp³-hybridized carbons (Fsp3) is 0.450. The Morgan fingerprint density at radius 2 is 2.04 bits per heavy atom. The zero-order chi connectivity index (χ0) is 19.6. The number of likely N-dealkylation sites (tertiary alicyclic amines) is 1. The first-order valence-corrected chi connectivity index (χ1v) is 9.09. The van der Waals surface area contributed by atoms with Gasteiger partial charge in [-0.25, -0.2) is 4.79 Å². The van der Waals surface area contributed by atoms with E-state index in [0.717, 1.165) is 24.0 Å². The second-order valence-electron chi connectivity index (χ2n) is 7.82. The number of carbonyl (C=O) groups is 1. The Bertz CT molecular complexity index is 867. The number of aromatic nitrogens is 2. The molecule has 2 aromatic rings. The van der Waals surface area contributed by atoms with Crippen molar-refractivity contribution in [2.45, 2.75) is 45.3 Å². The van der Waals surface area contributed by atoms with Crippen LogP contribution in [0.3, 0.4) is 0 Å². The summed E-state index contributed by atoms with van der Waals surface area (Å²) < 4.78 is 7.37. The van der Waals surface area contributed by atoms with Crippen molar-refractivity contribution in [2.24, 2.45) is 0 Å². The van der Waals surface area contributed by atoms with E-state index in [-0.39, 0.29) is 12.1 Å². The van der Waals surface area contributed by atoms with E-state index >= 15 is 0 Å². The number of carbonyl (C=O) groups excluding carboxylic acids is 1. The molecule has 1 amide bonds. The molecule has 0 atom stereocenters. The van der Waals surface area contributed by atoms with Crippen molar-refractivity contribution in [3.8, 4) is 17.2 Å². The molecule has 0 saturated carbocycles. The Balaban J connectivity index is 1.67. The second kappa shape index (κ2) is 7.31. The number of piperidine rings is 1. The Morgan fingerprint density at radius 3 is 2.67 bits per heavy atom. The Morgan fingerprint density at radius 1 is 1.33 bits per heavy atom. The van der Waals surface area contributed by atoms with Crippen LogP contribution in [0.5, 0.6) is 0 Å². The molecule has 7 nitrogen and oxygen atoms in total. The van der Waals surface area contributed by atoms with Gasteiger partial charge in [-0.15, -0.1) is 0 Å². The number of hydrogen-bond acceptors (Lipinski definition) is 5. The maximum absolute atomic E-state index is 12.2. The summed E-state index contributed by atoms with van der Waals surface area (Å²) >= 11 is 0. The van der Waals surface area contributed by atoms with Gasteiger partial charge in [0.05, 0.1) is 23.9 Å². The lowest BCUT2D eigenvalue weighted by molar-refractivity contribution is 0.0185. The molecule has 1 aliphatic heterocycles. The summed E-state index contributed by atoms with van der Waals surface area (Å²) in [6.07, 6.45) is 5.09. The molecule has 7 heteroatoms. The van der Waals surface area contributed by atoms with Crippen molar-refractivity contribution >= 4 is 11.8 Å². The van der Waals surface area contributed by atoms with Crippen molar-refractivity contribution in [2.75, 3.05) is 18.8 Å². The topological polar surface area (TPSA) is 97.2 Å². The minimum atomic E-state index is -0.484. The molecule has 2 heterocycles. The predicted octanol–water partition coefficient (Wildman–Crippen LogP) is 3.58. The van der Waals surface area contributed by atoms with Crippen LogP contribution in [0.2, 0.25) is 0 Å². The van der Waals surface area contributed by atoms with Crippen molar-refractivity contribution < 1.29 is 9.53 Å². The molecule has 0 aliphatic carbocycles. The average Bonchev–Trinajstić information content (AvgIpc) is 3.10. The van der Waals surface area contributed by atoms with Crippen molar-refractivity contribution in [3.63, 3.8) is 0 Å². The molecule has 1 fully saturated rings. The van der Waals surface area contributed by atoms with Crippen LogP contribution in [0.4, 0.5) is 10.5 Å². The molecule has 0 bridgehead atoms. The summed E-state index contributed by atoms with van der Waals surface area (Å²) in [6, 6.07) is 7.71. The fourth-order valence-electron chi connectivity index (χ4n) is 3.22. The van der Waals surface area contributed by atoms with Gasteiger partial charge in [0.2, 0.25) is 0 Å². The van der Waals surface area contributed by atoms with Gasteiger partial charge in [-0.05, 0) is 45.7 Å². The largest absolute Gasteiger partial charge is 0.444 e. The smallest absolute Gasteiger partial charge is 0.410 e. The summed E-state index contributed by atoms with van der Waals surface area (Å²) in [4.78, 5) is 13.9. The van der Waals surface area contributed by atoms with E-state index in [4.69, 9.17) is 10.5 Å². The fourth-order valence-corrected chi connectivity index (χ4v) is 3.22. The average molecular weight is 367 g/mol. The van der Waals surface area contributed by atoms with Gasteiger partial charge in [0.15, 0.2) is 0 Å². The molecule has 0 radical (unpaired) electrons. The van der Waals surface area contributed by atoms with Gasteiger partial charge in [0.1, 0.15) is 5.60 Å². The number of rotatable bonds is 2. The number of nitrogens with two attached hydrogens (primary N) is 1. The first kappa shape index (κ1) is 18.8. The van der Waals surface area contributed by atoms with E-state index < -0.39 is 5.60 Å². The van der Waals surface area contributed by atoms with Gasteiger partial charge in [0, 0.05) is 36.1 Å². The third-order valence-electron chi connectivity index (χ3n) is 4.57. The van der Waals surface area contributed by atoms with E-state index in [1.54, 1.807) is 23.2 Å². The quantitative estimate of drug-likeness (QED) is 0.818. The maximum atomic E-state index is 12.2. The zero-order valence-corrected chi connectivity index (χ0v) is 16.0. The molecule has 142 valence electrons. The predicted molar refractivity (Wildman–Crippen MR) is 103 cm³/mol. The van der Waals surface area contributed by atoms with Gasteiger partial charge in [-0.2, -0.15) is 10.4 Å². The molecule has 27 heavy (non-hydrogen) atoms. The number of nitrogen functional groups attached to an aromatic ring is 1. The van der Waals surface area contributed by atoms with E-state index in [1.165, 1.54) is 0 Å². The van der Waals surface area contributed by atoms with Crippen LogP contribution < -0.4 is 5.73 Å². The van der Waals surface area contributed by atoms with Gasteiger partial charge < -0.3 is 15.4 Å². The van der Waals surface area contributed by atoms with E-state index in [9.17, 15) is 10.1 Å². The highest BCUT2D eigenvalue weighted by Gasteiger charge is 2.28. The standard InChI is InChI=1S/C20H25N5O2/c1-20(2,3)27-19(26)24-8-6-17(7-9-24)25-13-15(12-23-25)18-5-4-16(22)10-14(18)11-21/h4-5,10,12-13,17H,6-9,22H2,1-3H3. The van der Waals surface area contributed by atoms with Crippen LogP contribution in [0.25, 0.3) is 11.1 Å². The van der Waals surface area contributed by atoms with E-state index in [2.05, 4.69) is 11.2 Å². The molecule has 1 aromatic heterocycles. The van der Waals surface area contributed by atoms with Crippen LogP contribution >= 0.6 is 0 Å². The van der Waals surface area contributed by atoms with Crippen LogP contribution in [0, 0.1) is 11.3 Å². The minimum Gasteiger partial charge on any atom is -0.444 e.